The van der Waals surface area contributed by atoms with Crippen LogP contribution < -0.4 is 20.3 Å². The number of carbonyl (C=O) groups excluding carboxylic acids is 1. The largest absolute Gasteiger partial charge is 0.496 e. The highest BCUT2D eigenvalue weighted by Crippen LogP contribution is 2.27. The molecule has 6 bridgehead atoms. The fourth-order valence-corrected chi connectivity index (χ4v) is 5.27. The lowest BCUT2D eigenvalue weighted by molar-refractivity contribution is -0.120. The third kappa shape index (κ3) is 7.01. The Morgan fingerprint density at radius 2 is 1.90 bits per heavy atom. The molecule has 1 aromatic heterocycles. The maximum atomic E-state index is 12.9. The Kier molecular flexibility index (Phi) is 9.19. The maximum absolute atomic E-state index is 12.9. The number of anilines is 1. The van der Waals surface area contributed by atoms with Crippen LogP contribution >= 0.6 is 0 Å². The van der Waals surface area contributed by atoms with E-state index in [1.54, 1.807) is 7.11 Å². The molecule has 1 fully saturated rings. The van der Waals surface area contributed by atoms with E-state index >= 15 is 0 Å². The van der Waals surface area contributed by atoms with Crippen molar-refractivity contribution >= 4 is 11.5 Å². The lowest BCUT2D eigenvalue weighted by Crippen LogP contribution is -2.38. The highest BCUT2D eigenvalue weighted by molar-refractivity contribution is 5.83. The lowest BCUT2D eigenvalue weighted by atomic mass is 10.0. The Bertz CT molecular complexity index is 1270. The summed E-state index contributed by atoms with van der Waals surface area (Å²) in [6, 6.07) is 14.6. The zero-order valence-electron chi connectivity index (χ0n) is 23.0. The van der Waals surface area contributed by atoms with Gasteiger partial charge in [0.2, 0.25) is 0 Å². The third-order valence-electron chi connectivity index (χ3n) is 7.56. The molecular weight excluding hydrogens is 490 g/mol. The number of carbonyl (C=O) groups is 1. The topological polar surface area (TPSA) is 88.6 Å². The van der Waals surface area contributed by atoms with Crippen LogP contribution in [0, 0.1) is 0 Å². The van der Waals surface area contributed by atoms with Crippen LogP contribution in [-0.4, -0.2) is 61.8 Å². The van der Waals surface area contributed by atoms with E-state index in [0.29, 0.717) is 25.9 Å². The van der Waals surface area contributed by atoms with Crippen molar-refractivity contribution in [3.63, 3.8) is 0 Å². The van der Waals surface area contributed by atoms with Crippen LogP contribution in [0.4, 0.5) is 5.69 Å². The van der Waals surface area contributed by atoms with E-state index in [-0.39, 0.29) is 11.8 Å². The summed E-state index contributed by atoms with van der Waals surface area (Å²) in [6.07, 6.45) is 4.86. The van der Waals surface area contributed by atoms with Crippen molar-refractivity contribution in [2.24, 2.45) is 0 Å². The number of nitrogens with zero attached hydrogens (tertiary/aromatic N) is 3. The van der Waals surface area contributed by atoms with Gasteiger partial charge in [0.15, 0.2) is 0 Å². The van der Waals surface area contributed by atoms with Crippen LogP contribution in [0.25, 0.3) is 11.3 Å². The first-order valence-electron chi connectivity index (χ1n) is 14.0. The molecule has 3 heterocycles. The van der Waals surface area contributed by atoms with Gasteiger partial charge in [0.1, 0.15) is 17.4 Å². The van der Waals surface area contributed by atoms with E-state index in [9.17, 15) is 4.79 Å². The van der Waals surface area contributed by atoms with Crippen LogP contribution in [0.15, 0.2) is 48.7 Å². The van der Waals surface area contributed by atoms with Gasteiger partial charge in [-0.3, -0.25) is 4.79 Å². The molecule has 2 N–H and O–H groups in total. The number of ketones is 1. The summed E-state index contributed by atoms with van der Waals surface area (Å²) in [5, 5.41) is 7.01. The predicted molar refractivity (Wildman–Crippen MR) is 153 cm³/mol. The molecule has 39 heavy (non-hydrogen) atoms. The Labute approximate surface area is 231 Å². The summed E-state index contributed by atoms with van der Waals surface area (Å²) >= 11 is 0. The first kappa shape index (κ1) is 27.2. The molecular formula is C31H39N5O3. The van der Waals surface area contributed by atoms with Gasteiger partial charge in [0, 0.05) is 62.0 Å². The molecule has 206 valence electrons. The number of methoxy groups -OCH3 is 1. The van der Waals surface area contributed by atoms with Crippen LogP contribution in [0.3, 0.4) is 0 Å². The van der Waals surface area contributed by atoms with Gasteiger partial charge in [-0.05, 0) is 67.8 Å². The average Bonchev–Trinajstić information content (AvgIpc) is 2.97. The SMILES string of the molecule is COc1ccc2cc1CNCCCCC(=O)[C@H](C)NCc1cc(ccc1N1CCOCC1)Cc1nccc-2n1. The number of ether oxygens (including phenoxy) is 2. The van der Waals surface area contributed by atoms with Crippen molar-refractivity contribution in [3.05, 3.63) is 71.2 Å². The Morgan fingerprint density at radius 3 is 2.74 bits per heavy atom. The molecule has 0 unspecified atom stereocenters. The van der Waals surface area contributed by atoms with Gasteiger partial charge in [0.25, 0.3) is 0 Å². The maximum Gasteiger partial charge on any atom is 0.149 e. The monoisotopic (exact) mass is 529 g/mol. The number of rotatable bonds is 2. The smallest absolute Gasteiger partial charge is 0.149 e. The molecule has 0 radical (unpaired) electrons. The summed E-state index contributed by atoms with van der Waals surface area (Å²) in [5.41, 5.74) is 6.55. The number of Topliss-reactive ketones (excluding diaryl/α,β-unsaturated/α-hetero) is 1. The molecule has 8 nitrogen and oxygen atoms in total. The van der Waals surface area contributed by atoms with Gasteiger partial charge < -0.3 is 25.0 Å². The number of benzene rings is 2. The predicted octanol–water partition coefficient (Wildman–Crippen LogP) is 3.90. The quantitative estimate of drug-likeness (QED) is 0.517. The fourth-order valence-electron chi connectivity index (χ4n) is 5.27. The van der Waals surface area contributed by atoms with Crippen molar-refractivity contribution < 1.29 is 14.3 Å². The standard InChI is InChI=1S/C31H39N5O3/c1-22-29(37)5-3-4-11-32-20-26-19-24(7-9-30(26)38-2)27-10-12-33-31(35-27)18-23-6-8-28(25(17-23)21-34-22)36-13-15-39-16-14-36/h6-10,12,17,19,22,32,34H,3-5,11,13-16,18,20-21H2,1-2H3/t22-/m0/s1. The molecule has 8 heteroatoms. The number of hydrogen-bond acceptors (Lipinski definition) is 8. The van der Waals surface area contributed by atoms with Crippen molar-refractivity contribution in [2.75, 3.05) is 44.9 Å². The van der Waals surface area contributed by atoms with Crippen LogP contribution in [0.5, 0.6) is 5.75 Å². The Balaban J connectivity index is 1.47. The normalized spacial score (nSPS) is 19.4. The Hall–Kier alpha value is -3.33. The molecule has 0 spiro atoms. The van der Waals surface area contributed by atoms with E-state index in [2.05, 4.69) is 44.8 Å². The number of aromatic nitrogens is 2. The van der Waals surface area contributed by atoms with E-state index < -0.39 is 0 Å². The van der Waals surface area contributed by atoms with Crippen molar-refractivity contribution in [2.45, 2.75) is 51.7 Å². The molecule has 1 saturated heterocycles. The molecule has 1 atom stereocenters. The number of fused-ring (bicyclic) bond motifs is 7. The molecule has 0 amide bonds. The molecule has 5 rings (SSSR count). The van der Waals surface area contributed by atoms with Gasteiger partial charge in [-0.15, -0.1) is 0 Å². The zero-order valence-corrected chi connectivity index (χ0v) is 23.0. The molecule has 2 aliphatic heterocycles. The van der Waals surface area contributed by atoms with E-state index in [0.717, 1.165) is 79.6 Å². The third-order valence-corrected chi connectivity index (χ3v) is 7.56. The second-order valence-electron chi connectivity index (χ2n) is 10.3. The highest BCUT2D eigenvalue weighted by Gasteiger charge is 2.18. The first-order valence-corrected chi connectivity index (χ1v) is 14.0. The summed E-state index contributed by atoms with van der Waals surface area (Å²) in [5.74, 6) is 1.89. The van der Waals surface area contributed by atoms with Crippen molar-refractivity contribution in [1.82, 2.24) is 20.6 Å². The minimum absolute atomic E-state index is 0.197. The molecule has 2 aliphatic rings. The molecule has 0 saturated carbocycles. The van der Waals surface area contributed by atoms with Gasteiger partial charge in [-0.1, -0.05) is 12.1 Å². The van der Waals surface area contributed by atoms with Gasteiger partial charge in [0.05, 0.1) is 32.1 Å². The van der Waals surface area contributed by atoms with E-state index in [4.69, 9.17) is 14.5 Å². The van der Waals surface area contributed by atoms with Gasteiger partial charge in [-0.25, -0.2) is 9.97 Å². The molecule has 0 aliphatic carbocycles. The van der Waals surface area contributed by atoms with E-state index in [1.165, 1.54) is 11.3 Å². The molecule has 3 aromatic rings. The highest BCUT2D eigenvalue weighted by atomic mass is 16.5. The van der Waals surface area contributed by atoms with Crippen molar-refractivity contribution in [1.29, 1.82) is 0 Å². The number of hydrogen-bond donors (Lipinski definition) is 2. The second kappa shape index (κ2) is 13.2. The van der Waals surface area contributed by atoms with E-state index in [1.807, 2.05) is 31.3 Å². The summed E-state index contributed by atoms with van der Waals surface area (Å²) in [6.45, 7) is 7.33. The minimum Gasteiger partial charge on any atom is -0.496 e. The van der Waals surface area contributed by atoms with Gasteiger partial charge >= 0.3 is 0 Å². The minimum atomic E-state index is -0.197. The number of morpholine rings is 1. The lowest BCUT2D eigenvalue weighted by Gasteiger charge is -2.31. The summed E-state index contributed by atoms with van der Waals surface area (Å²) < 4.78 is 11.2. The summed E-state index contributed by atoms with van der Waals surface area (Å²) in [4.78, 5) is 24.7. The zero-order chi connectivity index (χ0) is 27.0. The second-order valence-corrected chi connectivity index (χ2v) is 10.3. The van der Waals surface area contributed by atoms with Crippen LogP contribution in [0.2, 0.25) is 0 Å². The van der Waals surface area contributed by atoms with Gasteiger partial charge in [-0.2, -0.15) is 0 Å². The summed E-state index contributed by atoms with van der Waals surface area (Å²) in [7, 11) is 1.70. The average molecular weight is 530 g/mol. The van der Waals surface area contributed by atoms with Crippen LogP contribution in [-0.2, 0) is 29.0 Å². The van der Waals surface area contributed by atoms with Crippen LogP contribution in [0.1, 0.15) is 48.7 Å². The molecule has 2 aromatic carbocycles. The fraction of sp³-hybridized carbons (Fsp3) is 0.452. The van der Waals surface area contributed by atoms with Crippen molar-refractivity contribution in [3.8, 4) is 17.0 Å². The Morgan fingerprint density at radius 1 is 1.03 bits per heavy atom. The number of nitrogens with one attached hydrogen (secondary N) is 2. The first-order chi connectivity index (χ1) is 19.1.